The molecule has 0 heterocycles. The Labute approximate surface area is 74.5 Å². The van der Waals surface area contributed by atoms with Crippen molar-refractivity contribution in [3.8, 4) is 0 Å². The van der Waals surface area contributed by atoms with Gasteiger partial charge in [0, 0.05) is 18.7 Å². The fourth-order valence-corrected chi connectivity index (χ4v) is 0.745. The van der Waals surface area contributed by atoms with Crippen LogP contribution in [0.4, 0.5) is 0 Å². The number of allylic oxidation sites excluding steroid dienone is 1. The second-order valence-corrected chi connectivity index (χ2v) is 3.60. The fourth-order valence-electron chi connectivity index (χ4n) is 0.745. The number of oxime groups is 1. The van der Waals surface area contributed by atoms with Gasteiger partial charge in [-0.15, -0.1) is 0 Å². The maximum atomic E-state index is 5.04. The van der Waals surface area contributed by atoms with Crippen LogP contribution in [0.25, 0.3) is 0 Å². The van der Waals surface area contributed by atoms with Crippen molar-refractivity contribution >= 4 is 6.72 Å². The zero-order valence-electron chi connectivity index (χ0n) is 8.35. The van der Waals surface area contributed by atoms with Crippen molar-refractivity contribution in [2.24, 2.45) is 10.6 Å². The Balaban J connectivity index is 4.31. The van der Waals surface area contributed by atoms with E-state index in [4.69, 9.17) is 4.84 Å². The molecule has 0 fully saturated rings. The minimum absolute atomic E-state index is 0.0158. The Morgan fingerprint density at radius 2 is 2.17 bits per heavy atom. The van der Waals surface area contributed by atoms with Crippen LogP contribution in [0.1, 0.15) is 20.8 Å². The molecule has 0 radical (unpaired) electrons. The fraction of sp³-hybridized carbons (Fsp3) is 0.667. The van der Waals surface area contributed by atoms with Crippen molar-refractivity contribution in [1.29, 1.82) is 0 Å². The largest absolute Gasteiger partial charge is 0.362 e. The zero-order chi connectivity index (χ0) is 9.61. The molecule has 0 aliphatic rings. The van der Waals surface area contributed by atoms with E-state index in [2.05, 4.69) is 38.0 Å². The predicted octanol–water partition coefficient (Wildman–Crippen LogP) is 1.77. The first-order valence-corrected chi connectivity index (χ1v) is 4.00. The molecule has 0 amide bonds. The van der Waals surface area contributed by atoms with E-state index in [9.17, 15) is 0 Å². The summed E-state index contributed by atoms with van der Waals surface area (Å²) in [7, 11) is 1.89. The summed E-state index contributed by atoms with van der Waals surface area (Å²) in [6.07, 6.45) is 1.97. The third kappa shape index (κ3) is 4.13. The lowest BCUT2D eigenvalue weighted by Crippen LogP contribution is -2.14. The van der Waals surface area contributed by atoms with Gasteiger partial charge >= 0.3 is 0 Å². The summed E-state index contributed by atoms with van der Waals surface area (Å²) in [5.74, 6) is 0.840. The maximum Gasteiger partial charge on any atom is 0.137 e. The molecule has 0 aliphatic heterocycles. The van der Waals surface area contributed by atoms with Crippen LogP contribution in [0.2, 0.25) is 0 Å². The summed E-state index contributed by atoms with van der Waals surface area (Å²) in [6, 6.07) is 0. The minimum Gasteiger partial charge on any atom is -0.362 e. The summed E-state index contributed by atoms with van der Waals surface area (Å²) in [6.45, 7) is 10.3. The predicted molar refractivity (Wildman–Crippen MR) is 52.1 cm³/mol. The summed E-state index contributed by atoms with van der Waals surface area (Å²) < 4.78 is 0. The van der Waals surface area contributed by atoms with Gasteiger partial charge < -0.3 is 10.2 Å². The van der Waals surface area contributed by atoms with Gasteiger partial charge in [-0.25, -0.2) is 0 Å². The van der Waals surface area contributed by atoms with Crippen molar-refractivity contribution in [2.75, 3.05) is 13.6 Å². The van der Waals surface area contributed by atoms with Crippen molar-refractivity contribution in [1.82, 2.24) is 5.32 Å². The lowest BCUT2D eigenvalue weighted by atomic mass is 9.93. The average molecular weight is 170 g/mol. The van der Waals surface area contributed by atoms with E-state index in [0.717, 1.165) is 12.3 Å². The van der Waals surface area contributed by atoms with Crippen molar-refractivity contribution in [3.05, 3.63) is 11.8 Å². The molecule has 0 aliphatic carbocycles. The van der Waals surface area contributed by atoms with Gasteiger partial charge in [0.1, 0.15) is 5.76 Å². The third-order valence-corrected chi connectivity index (χ3v) is 1.39. The highest BCUT2D eigenvalue weighted by Crippen LogP contribution is 2.25. The Bertz CT molecular complexity index is 168. The molecule has 0 atom stereocenters. The standard InChI is InChI=1S/C9H18N2O/c1-9(2,3)8(12-11-5)6-7-10-4/h6,10H,5,7H2,1-4H3/b8-6-. The smallest absolute Gasteiger partial charge is 0.137 e. The summed E-state index contributed by atoms with van der Waals surface area (Å²) >= 11 is 0. The Kier molecular flexibility index (Phi) is 4.59. The highest BCUT2D eigenvalue weighted by Gasteiger charge is 2.18. The maximum absolute atomic E-state index is 5.04. The van der Waals surface area contributed by atoms with Crippen molar-refractivity contribution < 1.29 is 4.84 Å². The number of hydrogen-bond acceptors (Lipinski definition) is 3. The summed E-state index contributed by atoms with van der Waals surface area (Å²) in [5, 5.41) is 6.42. The third-order valence-electron chi connectivity index (χ3n) is 1.39. The van der Waals surface area contributed by atoms with E-state index in [-0.39, 0.29) is 5.41 Å². The molecule has 12 heavy (non-hydrogen) atoms. The first-order chi connectivity index (χ1) is 5.52. The van der Waals surface area contributed by atoms with Gasteiger partial charge in [-0.1, -0.05) is 25.9 Å². The molecule has 0 saturated carbocycles. The monoisotopic (exact) mass is 170 g/mol. The van der Waals surface area contributed by atoms with Crippen molar-refractivity contribution in [2.45, 2.75) is 20.8 Å². The molecule has 0 aromatic rings. The minimum atomic E-state index is -0.0158. The van der Waals surface area contributed by atoms with E-state index in [1.807, 2.05) is 13.1 Å². The van der Waals surface area contributed by atoms with Crippen LogP contribution in [-0.2, 0) is 4.84 Å². The van der Waals surface area contributed by atoms with Gasteiger partial charge in [-0.2, -0.15) is 0 Å². The van der Waals surface area contributed by atoms with Crippen LogP contribution in [0, 0.1) is 5.41 Å². The lowest BCUT2D eigenvalue weighted by molar-refractivity contribution is 0.162. The number of likely N-dealkylation sites (N-methyl/N-ethyl adjacent to an activating group) is 1. The Morgan fingerprint density at radius 1 is 1.58 bits per heavy atom. The van der Waals surface area contributed by atoms with Gasteiger partial charge in [0.2, 0.25) is 0 Å². The zero-order valence-corrected chi connectivity index (χ0v) is 8.35. The second kappa shape index (κ2) is 4.93. The molecule has 0 unspecified atom stereocenters. The molecule has 1 N–H and O–H groups in total. The van der Waals surface area contributed by atoms with Crippen LogP contribution in [0.15, 0.2) is 17.0 Å². The highest BCUT2D eigenvalue weighted by atomic mass is 16.6. The van der Waals surface area contributed by atoms with Crippen LogP contribution >= 0.6 is 0 Å². The van der Waals surface area contributed by atoms with Gasteiger partial charge in [0.05, 0.1) is 0 Å². The van der Waals surface area contributed by atoms with E-state index in [1.165, 1.54) is 0 Å². The Hall–Kier alpha value is -0.830. The van der Waals surface area contributed by atoms with E-state index < -0.39 is 0 Å². The SMILES string of the molecule is C=NO/C(=C\CNC)C(C)(C)C. The van der Waals surface area contributed by atoms with Crippen LogP contribution in [0.5, 0.6) is 0 Å². The van der Waals surface area contributed by atoms with Crippen LogP contribution in [0.3, 0.4) is 0 Å². The molecule has 0 aromatic carbocycles. The second-order valence-electron chi connectivity index (χ2n) is 3.60. The van der Waals surface area contributed by atoms with Gasteiger partial charge in [-0.05, 0) is 13.1 Å². The summed E-state index contributed by atoms with van der Waals surface area (Å²) in [5.41, 5.74) is -0.0158. The number of nitrogens with one attached hydrogen (secondary N) is 1. The highest BCUT2D eigenvalue weighted by molar-refractivity contribution is 5.22. The number of hydrogen-bond donors (Lipinski definition) is 1. The molecule has 0 spiro atoms. The molecule has 0 saturated heterocycles. The summed E-state index contributed by atoms with van der Waals surface area (Å²) in [4.78, 5) is 5.04. The first kappa shape index (κ1) is 11.2. The number of rotatable bonds is 4. The van der Waals surface area contributed by atoms with E-state index >= 15 is 0 Å². The molecule has 3 heteroatoms. The molecule has 70 valence electrons. The van der Waals surface area contributed by atoms with Gasteiger partial charge in [-0.3, -0.25) is 0 Å². The average Bonchev–Trinajstić information content (AvgIpc) is 1.95. The van der Waals surface area contributed by atoms with Gasteiger partial charge in [0.25, 0.3) is 0 Å². The Morgan fingerprint density at radius 3 is 2.50 bits per heavy atom. The molecular formula is C9H18N2O. The quantitative estimate of drug-likeness (QED) is 0.396. The lowest BCUT2D eigenvalue weighted by Gasteiger charge is -2.19. The normalized spacial score (nSPS) is 12.8. The van der Waals surface area contributed by atoms with Crippen LogP contribution in [-0.4, -0.2) is 20.3 Å². The number of nitrogens with zero attached hydrogens (tertiary/aromatic N) is 1. The molecule has 0 bridgehead atoms. The topological polar surface area (TPSA) is 33.6 Å². The van der Waals surface area contributed by atoms with E-state index in [0.29, 0.717) is 0 Å². The first-order valence-electron chi connectivity index (χ1n) is 4.00. The molecule has 3 nitrogen and oxygen atoms in total. The van der Waals surface area contributed by atoms with E-state index in [1.54, 1.807) is 0 Å². The molecule has 0 rings (SSSR count). The van der Waals surface area contributed by atoms with Crippen molar-refractivity contribution in [3.63, 3.8) is 0 Å². The molecule has 0 aromatic heterocycles. The molecular weight excluding hydrogens is 152 g/mol. The van der Waals surface area contributed by atoms with Crippen LogP contribution < -0.4 is 5.32 Å². The van der Waals surface area contributed by atoms with Gasteiger partial charge in [0.15, 0.2) is 0 Å².